The molecule has 1 heterocycles. The number of hydrogen-bond acceptors (Lipinski definition) is 2. The van der Waals surface area contributed by atoms with Gasteiger partial charge in [-0.05, 0) is 74.7 Å². The molecule has 2 aliphatic rings. The van der Waals surface area contributed by atoms with Crippen LogP contribution in [-0.2, 0) is 19.4 Å². The molecule has 0 radical (unpaired) electrons. The van der Waals surface area contributed by atoms with Crippen molar-refractivity contribution in [2.45, 2.75) is 51.5 Å². The maximum absolute atomic E-state index is 6.18. The SMILES string of the molecule is CN(C)CCc1ccc2c(c1)NC(=NCc1cccc(Cl)c1)C1(CCCCC1)C2. The fraction of sp³-hybridized carbons (Fsp3) is 0.480. The average molecular weight is 410 g/mol. The summed E-state index contributed by atoms with van der Waals surface area (Å²) in [6.45, 7) is 1.75. The molecule has 3 nitrogen and oxygen atoms in total. The van der Waals surface area contributed by atoms with Crippen molar-refractivity contribution >= 4 is 23.1 Å². The van der Waals surface area contributed by atoms with E-state index in [1.54, 1.807) is 0 Å². The van der Waals surface area contributed by atoms with Crippen LogP contribution in [-0.4, -0.2) is 31.4 Å². The lowest BCUT2D eigenvalue weighted by Crippen LogP contribution is -2.43. The van der Waals surface area contributed by atoms with E-state index in [0.29, 0.717) is 6.54 Å². The largest absolute Gasteiger partial charge is 0.343 e. The molecule has 1 aliphatic heterocycles. The highest BCUT2D eigenvalue weighted by Gasteiger charge is 2.41. The smallest absolute Gasteiger partial charge is 0.108 e. The number of nitrogens with one attached hydrogen (secondary N) is 1. The van der Waals surface area contributed by atoms with E-state index in [0.717, 1.165) is 24.4 Å². The molecule has 154 valence electrons. The van der Waals surface area contributed by atoms with Crippen LogP contribution in [0.4, 0.5) is 5.69 Å². The van der Waals surface area contributed by atoms with Gasteiger partial charge in [0.05, 0.1) is 6.54 Å². The number of aliphatic imine (C=N–C) groups is 1. The van der Waals surface area contributed by atoms with Gasteiger partial charge in [0.2, 0.25) is 0 Å². The Morgan fingerprint density at radius 1 is 1.03 bits per heavy atom. The number of likely N-dealkylation sites (N-methyl/N-ethyl adjacent to an activating group) is 1. The Labute approximate surface area is 180 Å². The Balaban J connectivity index is 1.61. The third kappa shape index (κ3) is 4.84. The lowest BCUT2D eigenvalue weighted by Gasteiger charge is -2.43. The Bertz CT molecular complexity index is 881. The van der Waals surface area contributed by atoms with E-state index in [9.17, 15) is 0 Å². The number of anilines is 1. The highest BCUT2D eigenvalue weighted by atomic mass is 35.5. The monoisotopic (exact) mass is 409 g/mol. The van der Waals surface area contributed by atoms with Gasteiger partial charge in [0.15, 0.2) is 0 Å². The second kappa shape index (κ2) is 8.89. The van der Waals surface area contributed by atoms with Crippen molar-refractivity contribution < 1.29 is 0 Å². The van der Waals surface area contributed by atoms with Gasteiger partial charge in [-0.1, -0.05) is 55.1 Å². The minimum Gasteiger partial charge on any atom is -0.343 e. The second-order valence-electron chi connectivity index (χ2n) is 8.98. The molecule has 1 saturated carbocycles. The molecule has 1 spiro atoms. The molecule has 1 N–H and O–H groups in total. The van der Waals surface area contributed by atoms with Gasteiger partial charge in [-0.15, -0.1) is 0 Å². The van der Waals surface area contributed by atoms with Crippen LogP contribution in [0.1, 0.15) is 48.8 Å². The predicted octanol–water partition coefficient (Wildman–Crippen LogP) is 5.96. The van der Waals surface area contributed by atoms with Crippen molar-refractivity contribution in [1.29, 1.82) is 0 Å². The number of halogens is 1. The number of nitrogens with zero attached hydrogens (tertiary/aromatic N) is 2. The van der Waals surface area contributed by atoms with Crippen LogP contribution in [0.2, 0.25) is 5.02 Å². The van der Waals surface area contributed by atoms with Crippen molar-refractivity contribution in [3.05, 3.63) is 64.2 Å². The number of rotatable bonds is 5. The molecule has 4 rings (SSSR count). The van der Waals surface area contributed by atoms with E-state index in [1.807, 2.05) is 18.2 Å². The molecule has 0 amide bonds. The average Bonchev–Trinajstić information content (AvgIpc) is 2.71. The van der Waals surface area contributed by atoms with E-state index < -0.39 is 0 Å². The molecule has 0 atom stereocenters. The summed E-state index contributed by atoms with van der Waals surface area (Å²) in [7, 11) is 4.26. The zero-order valence-electron chi connectivity index (χ0n) is 17.7. The molecule has 4 heteroatoms. The standard InChI is InChI=1S/C25H32ClN3/c1-29(2)14-11-19-9-10-21-17-25(12-4-3-5-13-25)24(28-23(21)16-19)27-18-20-7-6-8-22(26)15-20/h6-10,15-16H,3-5,11-14,17-18H2,1-2H3,(H,27,28). The van der Waals surface area contributed by atoms with Crippen LogP contribution in [0.25, 0.3) is 0 Å². The van der Waals surface area contributed by atoms with Crippen LogP contribution < -0.4 is 5.32 Å². The topological polar surface area (TPSA) is 27.6 Å². The van der Waals surface area contributed by atoms with Crippen LogP contribution in [0.5, 0.6) is 0 Å². The van der Waals surface area contributed by atoms with Crippen molar-refractivity contribution in [2.75, 3.05) is 26.0 Å². The normalized spacial score (nSPS) is 19.4. The number of amidine groups is 1. The lowest BCUT2D eigenvalue weighted by atomic mass is 9.67. The molecule has 0 unspecified atom stereocenters. The molecule has 2 aromatic rings. The molecular weight excluding hydrogens is 378 g/mol. The summed E-state index contributed by atoms with van der Waals surface area (Å²) in [5.74, 6) is 1.19. The van der Waals surface area contributed by atoms with Crippen LogP contribution >= 0.6 is 11.6 Å². The first-order valence-corrected chi connectivity index (χ1v) is 11.2. The molecule has 0 saturated heterocycles. The van der Waals surface area contributed by atoms with Crippen molar-refractivity contribution in [3.63, 3.8) is 0 Å². The third-order valence-electron chi connectivity index (χ3n) is 6.43. The Hall–Kier alpha value is -1.84. The van der Waals surface area contributed by atoms with E-state index >= 15 is 0 Å². The molecule has 0 aromatic heterocycles. The minimum absolute atomic E-state index is 0.176. The Morgan fingerprint density at radius 2 is 1.86 bits per heavy atom. The minimum atomic E-state index is 0.176. The second-order valence-corrected chi connectivity index (χ2v) is 9.42. The predicted molar refractivity (Wildman–Crippen MR) is 124 cm³/mol. The van der Waals surface area contributed by atoms with E-state index in [4.69, 9.17) is 16.6 Å². The summed E-state index contributed by atoms with van der Waals surface area (Å²) in [5.41, 5.74) is 5.43. The van der Waals surface area contributed by atoms with Gasteiger partial charge in [0.25, 0.3) is 0 Å². The number of hydrogen-bond donors (Lipinski definition) is 1. The van der Waals surface area contributed by atoms with Gasteiger partial charge in [-0.25, -0.2) is 0 Å². The summed E-state index contributed by atoms with van der Waals surface area (Å²) < 4.78 is 0. The quantitative estimate of drug-likeness (QED) is 0.659. The zero-order chi connectivity index (χ0) is 20.3. The lowest BCUT2D eigenvalue weighted by molar-refractivity contribution is 0.278. The van der Waals surface area contributed by atoms with Crippen LogP contribution in [0.15, 0.2) is 47.5 Å². The summed E-state index contributed by atoms with van der Waals surface area (Å²) in [6, 6.07) is 15.1. The van der Waals surface area contributed by atoms with E-state index in [2.05, 4.69) is 48.6 Å². The van der Waals surface area contributed by atoms with Gasteiger partial charge in [-0.3, -0.25) is 4.99 Å². The van der Waals surface area contributed by atoms with Gasteiger partial charge in [0, 0.05) is 22.7 Å². The number of benzene rings is 2. The van der Waals surface area contributed by atoms with Crippen molar-refractivity contribution in [2.24, 2.45) is 10.4 Å². The zero-order valence-corrected chi connectivity index (χ0v) is 18.4. The van der Waals surface area contributed by atoms with Gasteiger partial charge < -0.3 is 10.2 Å². The molecule has 1 aliphatic carbocycles. The highest BCUT2D eigenvalue weighted by molar-refractivity contribution is 6.30. The summed E-state index contributed by atoms with van der Waals surface area (Å²) in [5, 5.41) is 4.55. The van der Waals surface area contributed by atoms with Gasteiger partial charge in [-0.2, -0.15) is 0 Å². The Kier molecular flexibility index (Phi) is 6.26. The fourth-order valence-corrected chi connectivity index (χ4v) is 4.98. The third-order valence-corrected chi connectivity index (χ3v) is 6.66. The highest BCUT2D eigenvalue weighted by Crippen LogP contribution is 2.45. The van der Waals surface area contributed by atoms with Crippen LogP contribution in [0.3, 0.4) is 0 Å². The van der Waals surface area contributed by atoms with E-state index in [-0.39, 0.29) is 5.41 Å². The molecule has 1 fully saturated rings. The summed E-state index contributed by atoms with van der Waals surface area (Å²) in [4.78, 5) is 7.35. The van der Waals surface area contributed by atoms with Gasteiger partial charge in [0.1, 0.15) is 5.84 Å². The molecule has 29 heavy (non-hydrogen) atoms. The van der Waals surface area contributed by atoms with Crippen molar-refractivity contribution in [1.82, 2.24) is 4.90 Å². The first kappa shape index (κ1) is 20.4. The first-order chi connectivity index (χ1) is 14.0. The maximum Gasteiger partial charge on any atom is 0.108 e. The molecule has 0 bridgehead atoms. The summed E-state index contributed by atoms with van der Waals surface area (Å²) in [6.07, 6.45) is 8.59. The molecular formula is C25H32ClN3. The fourth-order valence-electron chi connectivity index (χ4n) is 4.77. The maximum atomic E-state index is 6.18. The molecule has 2 aromatic carbocycles. The first-order valence-electron chi connectivity index (χ1n) is 10.9. The van der Waals surface area contributed by atoms with Crippen LogP contribution in [0, 0.1) is 5.41 Å². The summed E-state index contributed by atoms with van der Waals surface area (Å²) >= 11 is 6.18. The van der Waals surface area contributed by atoms with Crippen molar-refractivity contribution in [3.8, 4) is 0 Å². The Morgan fingerprint density at radius 3 is 2.62 bits per heavy atom. The van der Waals surface area contributed by atoms with Gasteiger partial charge >= 0.3 is 0 Å². The number of fused-ring (bicyclic) bond motifs is 1. The van der Waals surface area contributed by atoms with E-state index in [1.165, 1.54) is 60.3 Å².